The lowest BCUT2D eigenvalue weighted by atomic mass is 9.83. The first kappa shape index (κ1) is 21.6. The van der Waals surface area contributed by atoms with E-state index < -0.39 is 0 Å². The van der Waals surface area contributed by atoms with Gasteiger partial charge in [-0.25, -0.2) is 0 Å². The quantitative estimate of drug-likeness (QED) is 0.305. The SMILES string of the molecule is CCN(CC)CC[n+]1c(-c2ccccc2)cc(-c2ccccc2)c2c1-c1ccccc1CC2. The van der Waals surface area contributed by atoms with Crippen molar-refractivity contribution in [3.05, 3.63) is 102 Å². The zero-order valence-corrected chi connectivity index (χ0v) is 19.8. The molecule has 4 aromatic rings. The molecule has 0 spiro atoms. The topological polar surface area (TPSA) is 7.12 Å². The summed E-state index contributed by atoms with van der Waals surface area (Å²) in [5.74, 6) is 0. The second-order valence-electron chi connectivity index (χ2n) is 8.84. The Morgan fingerprint density at radius 3 is 2.03 bits per heavy atom. The largest absolute Gasteiger partial charge is 0.298 e. The summed E-state index contributed by atoms with van der Waals surface area (Å²) >= 11 is 0. The molecule has 0 saturated heterocycles. The molecule has 0 atom stereocenters. The van der Waals surface area contributed by atoms with Crippen LogP contribution in [0, 0.1) is 0 Å². The van der Waals surface area contributed by atoms with E-state index in [9.17, 15) is 0 Å². The maximum absolute atomic E-state index is 2.60. The summed E-state index contributed by atoms with van der Waals surface area (Å²) in [5.41, 5.74) is 11.0. The molecule has 0 fully saturated rings. The molecule has 0 N–H and O–H groups in total. The lowest BCUT2D eigenvalue weighted by Gasteiger charge is -2.24. The third-order valence-electron chi connectivity index (χ3n) is 7.06. The zero-order chi connectivity index (χ0) is 22.6. The molecule has 2 nitrogen and oxygen atoms in total. The van der Waals surface area contributed by atoms with E-state index in [0.717, 1.165) is 39.0 Å². The van der Waals surface area contributed by atoms with Gasteiger partial charge in [-0.3, -0.25) is 4.90 Å². The van der Waals surface area contributed by atoms with Crippen LogP contribution < -0.4 is 4.57 Å². The number of hydrogen-bond acceptors (Lipinski definition) is 1. The van der Waals surface area contributed by atoms with Gasteiger partial charge in [-0.05, 0) is 60.8 Å². The second-order valence-corrected chi connectivity index (χ2v) is 8.84. The molecule has 1 heterocycles. The van der Waals surface area contributed by atoms with Crippen molar-refractivity contribution >= 4 is 0 Å². The van der Waals surface area contributed by atoms with Gasteiger partial charge in [-0.2, -0.15) is 4.57 Å². The molecule has 0 aliphatic heterocycles. The molecule has 0 bridgehead atoms. The number of aryl methyl sites for hydroxylation is 1. The Kier molecular flexibility index (Phi) is 6.37. The Morgan fingerprint density at radius 2 is 1.33 bits per heavy atom. The number of likely N-dealkylation sites (N-methyl/N-ethyl adjacent to an activating group) is 1. The molecular formula is C31H33N2+. The first-order valence-corrected chi connectivity index (χ1v) is 12.3. The normalized spacial score (nSPS) is 12.5. The minimum Gasteiger partial charge on any atom is -0.298 e. The lowest BCUT2D eigenvalue weighted by Crippen LogP contribution is -2.45. The van der Waals surface area contributed by atoms with Gasteiger partial charge in [0, 0.05) is 22.8 Å². The van der Waals surface area contributed by atoms with Crippen molar-refractivity contribution in [2.45, 2.75) is 33.2 Å². The van der Waals surface area contributed by atoms with E-state index in [2.05, 4.69) is 114 Å². The molecule has 1 aromatic heterocycles. The van der Waals surface area contributed by atoms with Crippen LogP contribution in [-0.2, 0) is 19.4 Å². The average molecular weight is 434 g/mol. The summed E-state index contributed by atoms with van der Waals surface area (Å²) in [4.78, 5) is 2.52. The van der Waals surface area contributed by atoms with Crippen LogP contribution in [0.3, 0.4) is 0 Å². The maximum Gasteiger partial charge on any atom is 0.217 e. The Balaban J connectivity index is 1.80. The molecule has 0 amide bonds. The van der Waals surface area contributed by atoms with Gasteiger partial charge in [0.1, 0.15) is 0 Å². The molecule has 5 rings (SSSR count). The zero-order valence-electron chi connectivity index (χ0n) is 19.8. The molecule has 0 unspecified atom stereocenters. The van der Waals surface area contributed by atoms with Crippen molar-refractivity contribution in [1.82, 2.24) is 4.90 Å². The smallest absolute Gasteiger partial charge is 0.217 e. The summed E-state index contributed by atoms with van der Waals surface area (Å²) in [7, 11) is 0. The minimum absolute atomic E-state index is 0.984. The highest BCUT2D eigenvalue weighted by molar-refractivity contribution is 5.80. The second kappa shape index (κ2) is 9.72. The predicted octanol–water partition coefficient (Wildman–Crippen LogP) is 6.42. The van der Waals surface area contributed by atoms with Crippen LogP contribution in [0.1, 0.15) is 25.0 Å². The maximum atomic E-state index is 2.60. The van der Waals surface area contributed by atoms with Gasteiger partial charge in [-0.15, -0.1) is 0 Å². The first-order chi connectivity index (χ1) is 16.3. The average Bonchev–Trinajstić information content (AvgIpc) is 2.89. The van der Waals surface area contributed by atoms with E-state index in [4.69, 9.17) is 0 Å². The van der Waals surface area contributed by atoms with Gasteiger partial charge in [-0.1, -0.05) is 80.6 Å². The minimum atomic E-state index is 0.984. The van der Waals surface area contributed by atoms with Gasteiger partial charge < -0.3 is 0 Å². The molecule has 2 heteroatoms. The van der Waals surface area contributed by atoms with Gasteiger partial charge in [0.2, 0.25) is 11.4 Å². The van der Waals surface area contributed by atoms with E-state index in [1.54, 1.807) is 0 Å². The molecule has 166 valence electrons. The lowest BCUT2D eigenvalue weighted by molar-refractivity contribution is -0.675. The van der Waals surface area contributed by atoms with Crippen molar-refractivity contribution in [2.75, 3.05) is 19.6 Å². The molecule has 1 aliphatic carbocycles. The van der Waals surface area contributed by atoms with Crippen molar-refractivity contribution in [3.8, 4) is 33.6 Å². The summed E-state index contributed by atoms with van der Waals surface area (Å²) < 4.78 is 2.60. The summed E-state index contributed by atoms with van der Waals surface area (Å²) in [6.07, 6.45) is 2.18. The Morgan fingerprint density at radius 1 is 0.697 bits per heavy atom. The van der Waals surface area contributed by atoms with Crippen LogP contribution >= 0.6 is 0 Å². The fourth-order valence-corrected chi connectivity index (χ4v) is 5.24. The summed E-state index contributed by atoms with van der Waals surface area (Å²) in [5, 5.41) is 0. The molecule has 1 aliphatic rings. The third kappa shape index (κ3) is 4.24. The Bertz CT molecular complexity index is 1220. The number of aromatic nitrogens is 1. The first-order valence-electron chi connectivity index (χ1n) is 12.3. The number of rotatable bonds is 7. The predicted molar refractivity (Wildman–Crippen MR) is 138 cm³/mol. The van der Waals surface area contributed by atoms with E-state index in [1.807, 2.05) is 0 Å². The highest BCUT2D eigenvalue weighted by atomic mass is 15.1. The van der Waals surface area contributed by atoms with Gasteiger partial charge in [0.15, 0.2) is 6.54 Å². The van der Waals surface area contributed by atoms with Crippen LogP contribution in [-0.4, -0.2) is 24.5 Å². The van der Waals surface area contributed by atoms with Gasteiger partial charge in [0.05, 0.1) is 6.54 Å². The van der Waals surface area contributed by atoms with Gasteiger partial charge in [0.25, 0.3) is 0 Å². The van der Waals surface area contributed by atoms with Crippen LogP contribution in [0.5, 0.6) is 0 Å². The van der Waals surface area contributed by atoms with E-state index in [0.29, 0.717) is 0 Å². The number of pyridine rings is 1. The molecule has 0 saturated carbocycles. The molecular weight excluding hydrogens is 400 g/mol. The van der Waals surface area contributed by atoms with Crippen molar-refractivity contribution in [1.29, 1.82) is 0 Å². The van der Waals surface area contributed by atoms with Crippen LogP contribution in [0.15, 0.2) is 91.0 Å². The Labute approximate surface area is 198 Å². The van der Waals surface area contributed by atoms with Gasteiger partial charge >= 0.3 is 0 Å². The van der Waals surface area contributed by atoms with Crippen molar-refractivity contribution in [2.24, 2.45) is 0 Å². The highest BCUT2D eigenvalue weighted by Gasteiger charge is 2.31. The molecule has 3 aromatic carbocycles. The molecule has 0 radical (unpaired) electrons. The number of benzene rings is 3. The monoisotopic (exact) mass is 433 g/mol. The number of fused-ring (bicyclic) bond motifs is 3. The fourth-order valence-electron chi connectivity index (χ4n) is 5.24. The fraction of sp³-hybridized carbons (Fsp3) is 0.258. The number of hydrogen-bond donors (Lipinski definition) is 0. The summed E-state index contributed by atoms with van der Waals surface area (Å²) in [6, 6.07) is 33.3. The van der Waals surface area contributed by atoms with Crippen LogP contribution in [0.25, 0.3) is 33.6 Å². The Hall–Kier alpha value is -3.23. The van der Waals surface area contributed by atoms with E-state index in [1.165, 1.54) is 44.8 Å². The van der Waals surface area contributed by atoms with Crippen molar-refractivity contribution in [3.63, 3.8) is 0 Å². The third-order valence-corrected chi connectivity index (χ3v) is 7.06. The molecule has 33 heavy (non-hydrogen) atoms. The van der Waals surface area contributed by atoms with Crippen LogP contribution in [0.4, 0.5) is 0 Å². The van der Waals surface area contributed by atoms with Crippen molar-refractivity contribution < 1.29 is 4.57 Å². The standard InChI is InChI=1S/C31H33N2/c1-3-32(4-2)21-22-33-30(26-16-9-6-10-17-26)23-29(24-13-7-5-8-14-24)28-20-19-25-15-11-12-18-27(25)31(28)33/h5-18,23H,3-4,19-22H2,1-2H3/q+1. The summed E-state index contributed by atoms with van der Waals surface area (Å²) in [6.45, 7) is 8.72. The number of nitrogens with zero attached hydrogens (tertiary/aromatic N) is 2. The highest BCUT2D eigenvalue weighted by Crippen LogP contribution is 2.39. The van der Waals surface area contributed by atoms with E-state index in [-0.39, 0.29) is 0 Å². The van der Waals surface area contributed by atoms with Crippen LogP contribution in [0.2, 0.25) is 0 Å². The van der Waals surface area contributed by atoms with E-state index >= 15 is 0 Å².